The number of anilines is 3. The Bertz CT molecular complexity index is 447. The van der Waals surface area contributed by atoms with E-state index in [1.165, 1.54) is 12.8 Å². The highest BCUT2D eigenvalue weighted by atomic mass is 28.4. The summed E-state index contributed by atoms with van der Waals surface area (Å²) in [6, 6.07) is 0.861. The minimum absolute atomic E-state index is 0.132. The first-order chi connectivity index (χ1) is 11.5. The third-order valence-electron chi connectivity index (χ3n) is 3.80. The summed E-state index contributed by atoms with van der Waals surface area (Å²) in [6.45, 7) is 0.788. The summed E-state index contributed by atoms with van der Waals surface area (Å²) in [4.78, 5) is 11.7. The molecule has 0 aliphatic rings. The quantitative estimate of drug-likeness (QED) is 0.356. The molecule has 0 aromatic carbocycles. The van der Waals surface area contributed by atoms with Crippen molar-refractivity contribution in [1.82, 2.24) is 15.0 Å². The van der Waals surface area contributed by atoms with E-state index in [1.54, 1.807) is 21.3 Å². The maximum absolute atomic E-state index is 5.51. The van der Waals surface area contributed by atoms with Crippen molar-refractivity contribution in [3.8, 4) is 0 Å². The second-order valence-corrected chi connectivity index (χ2v) is 8.56. The van der Waals surface area contributed by atoms with E-state index in [2.05, 4.69) is 20.3 Å². The smallest absolute Gasteiger partial charge is 0.377 e. The average molecular weight is 359 g/mol. The third kappa shape index (κ3) is 7.38. The van der Waals surface area contributed by atoms with Crippen molar-refractivity contribution in [1.29, 1.82) is 0 Å². The molecular weight excluding hydrogens is 328 g/mol. The van der Waals surface area contributed by atoms with Gasteiger partial charge in [0.1, 0.15) is 0 Å². The van der Waals surface area contributed by atoms with Crippen molar-refractivity contribution in [2.45, 2.75) is 44.6 Å². The van der Waals surface area contributed by atoms with Crippen LogP contribution in [0.1, 0.15) is 38.5 Å². The second kappa shape index (κ2) is 11.1. The molecule has 138 valence electrons. The van der Waals surface area contributed by atoms with Crippen LogP contribution in [0.4, 0.5) is 17.8 Å². The molecule has 0 atom stereocenters. The molecule has 0 radical (unpaired) electrons. The maximum atomic E-state index is 5.51. The normalized spacial score (nSPS) is 11.6. The molecule has 10 heteroatoms. The van der Waals surface area contributed by atoms with Crippen LogP contribution in [0.2, 0.25) is 6.04 Å². The Kier molecular flexibility index (Phi) is 9.53. The standard InChI is InChI=1S/C14H30N6O3Si/c1-21-24(22-2,23-3)11-9-7-5-4-6-8-10-17-14-19-12(15)18-13(16)20-14/h4-11H2,1-3H3,(H5,15,16,17,18,19,20). The van der Waals surface area contributed by atoms with Crippen molar-refractivity contribution < 1.29 is 13.3 Å². The lowest BCUT2D eigenvalue weighted by molar-refractivity contribution is 0.122. The average Bonchev–Trinajstić information content (AvgIpc) is 2.56. The zero-order valence-corrected chi connectivity index (χ0v) is 15.9. The van der Waals surface area contributed by atoms with Gasteiger partial charge in [0.05, 0.1) is 0 Å². The number of hydrogen-bond donors (Lipinski definition) is 3. The van der Waals surface area contributed by atoms with Gasteiger partial charge in [0.15, 0.2) is 0 Å². The summed E-state index contributed by atoms with van der Waals surface area (Å²) >= 11 is 0. The fourth-order valence-electron chi connectivity index (χ4n) is 2.42. The number of rotatable bonds is 13. The highest BCUT2D eigenvalue weighted by Gasteiger charge is 2.36. The summed E-state index contributed by atoms with van der Waals surface area (Å²) < 4.78 is 16.2. The Morgan fingerprint density at radius 3 is 1.83 bits per heavy atom. The van der Waals surface area contributed by atoms with Crippen LogP contribution in [-0.4, -0.2) is 51.6 Å². The molecule has 0 saturated carbocycles. The van der Waals surface area contributed by atoms with Gasteiger partial charge in [-0.3, -0.25) is 0 Å². The number of nitrogens with zero attached hydrogens (tertiary/aromatic N) is 3. The summed E-state index contributed by atoms with van der Waals surface area (Å²) in [7, 11) is 2.56. The lowest BCUT2D eigenvalue weighted by Gasteiger charge is -2.24. The molecule has 1 heterocycles. The van der Waals surface area contributed by atoms with Crippen molar-refractivity contribution in [2.75, 3.05) is 44.7 Å². The number of nitrogen functional groups attached to an aromatic ring is 2. The molecule has 24 heavy (non-hydrogen) atoms. The number of hydrogen-bond acceptors (Lipinski definition) is 9. The predicted molar refractivity (Wildman–Crippen MR) is 96.4 cm³/mol. The van der Waals surface area contributed by atoms with Gasteiger partial charge in [-0.25, -0.2) is 0 Å². The number of nitrogens with two attached hydrogens (primary N) is 2. The SMILES string of the molecule is CO[Si](CCCCCCCCNc1nc(N)nc(N)n1)(OC)OC. The van der Waals surface area contributed by atoms with Crippen molar-refractivity contribution in [3.05, 3.63) is 0 Å². The molecule has 1 rings (SSSR count). The summed E-state index contributed by atoms with van der Waals surface area (Å²) in [5.41, 5.74) is 11.0. The lowest BCUT2D eigenvalue weighted by Crippen LogP contribution is -2.42. The topological polar surface area (TPSA) is 130 Å². The van der Waals surface area contributed by atoms with E-state index in [0.29, 0.717) is 5.95 Å². The predicted octanol–water partition coefficient (Wildman–Crippen LogP) is 1.67. The fraction of sp³-hybridized carbons (Fsp3) is 0.786. The molecule has 0 fully saturated rings. The first-order valence-corrected chi connectivity index (χ1v) is 10.1. The molecular formula is C14H30N6O3Si. The second-order valence-electron chi connectivity index (χ2n) is 5.47. The summed E-state index contributed by atoms with van der Waals surface area (Å²) in [6.07, 6.45) is 6.77. The van der Waals surface area contributed by atoms with Gasteiger partial charge in [0.25, 0.3) is 0 Å². The fourth-order valence-corrected chi connectivity index (χ4v) is 4.21. The number of nitrogens with one attached hydrogen (secondary N) is 1. The molecule has 0 bridgehead atoms. The van der Waals surface area contributed by atoms with Gasteiger partial charge in [-0.15, -0.1) is 0 Å². The van der Waals surface area contributed by atoms with E-state index < -0.39 is 8.80 Å². The van der Waals surface area contributed by atoms with Crippen molar-refractivity contribution in [3.63, 3.8) is 0 Å². The molecule has 1 aromatic heterocycles. The minimum atomic E-state index is -2.39. The molecule has 0 aliphatic heterocycles. The molecule has 9 nitrogen and oxygen atoms in total. The zero-order valence-electron chi connectivity index (χ0n) is 14.9. The van der Waals surface area contributed by atoms with E-state index in [1.807, 2.05) is 0 Å². The Hall–Kier alpha value is -1.49. The lowest BCUT2D eigenvalue weighted by atomic mass is 10.1. The minimum Gasteiger partial charge on any atom is -0.377 e. The molecule has 0 saturated heterocycles. The molecule has 5 N–H and O–H groups in total. The molecule has 0 unspecified atom stereocenters. The van der Waals surface area contributed by atoms with Crippen LogP contribution >= 0.6 is 0 Å². The first kappa shape index (κ1) is 20.6. The monoisotopic (exact) mass is 358 g/mol. The number of aromatic nitrogens is 3. The molecule has 1 aromatic rings. The van der Waals surface area contributed by atoms with E-state index in [9.17, 15) is 0 Å². The van der Waals surface area contributed by atoms with Crippen LogP contribution in [0.3, 0.4) is 0 Å². The Labute approximate surface area is 144 Å². The van der Waals surface area contributed by atoms with Crippen LogP contribution in [0.5, 0.6) is 0 Å². The van der Waals surface area contributed by atoms with Crippen LogP contribution in [-0.2, 0) is 13.3 Å². The Morgan fingerprint density at radius 1 is 0.792 bits per heavy atom. The molecule has 0 amide bonds. The largest absolute Gasteiger partial charge is 0.500 e. The van der Waals surface area contributed by atoms with Gasteiger partial charge in [0.2, 0.25) is 17.8 Å². The van der Waals surface area contributed by atoms with Gasteiger partial charge in [-0.05, 0) is 12.8 Å². The Balaban J connectivity index is 2.04. The number of unbranched alkanes of at least 4 members (excludes halogenated alkanes) is 5. The van der Waals surface area contributed by atoms with Crippen LogP contribution < -0.4 is 16.8 Å². The van der Waals surface area contributed by atoms with Gasteiger partial charge in [-0.2, -0.15) is 15.0 Å². The molecule has 0 spiro atoms. The summed E-state index contributed by atoms with van der Waals surface area (Å²) in [5.74, 6) is 0.695. The van der Waals surface area contributed by atoms with Crippen molar-refractivity contribution in [2.24, 2.45) is 0 Å². The van der Waals surface area contributed by atoms with Crippen LogP contribution in [0, 0.1) is 0 Å². The van der Waals surface area contributed by atoms with E-state index in [4.69, 9.17) is 24.7 Å². The van der Waals surface area contributed by atoms with Crippen molar-refractivity contribution >= 4 is 26.6 Å². The first-order valence-electron chi connectivity index (χ1n) is 8.21. The maximum Gasteiger partial charge on any atom is 0.500 e. The summed E-state index contributed by atoms with van der Waals surface area (Å²) in [5, 5.41) is 3.10. The third-order valence-corrected chi connectivity index (χ3v) is 6.63. The Morgan fingerprint density at radius 2 is 1.29 bits per heavy atom. The van der Waals surface area contributed by atoms with Gasteiger partial charge in [0, 0.05) is 33.9 Å². The van der Waals surface area contributed by atoms with E-state index in [0.717, 1.165) is 38.3 Å². The van der Waals surface area contributed by atoms with Crippen LogP contribution in [0.15, 0.2) is 0 Å². The van der Waals surface area contributed by atoms with Gasteiger partial charge >= 0.3 is 8.80 Å². The highest BCUT2D eigenvalue weighted by molar-refractivity contribution is 6.60. The van der Waals surface area contributed by atoms with E-state index in [-0.39, 0.29) is 11.9 Å². The van der Waals surface area contributed by atoms with Crippen LogP contribution in [0.25, 0.3) is 0 Å². The highest BCUT2D eigenvalue weighted by Crippen LogP contribution is 2.18. The van der Waals surface area contributed by atoms with Gasteiger partial charge < -0.3 is 30.1 Å². The zero-order chi connectivity index (χ0) is 17.8. The van der Waals surface area contributed by atoms with E-state index >= 15 is 0 Å². The molecule has 0 aliphatic carbocycles. The van der Waals surface area contributed by atoms with Gasteiger partial charge in [-0.1, -0.05) is 25.7 Å².